The van der Waals surface area contributed by atoms with Crippen LogP contribution in [-0.2, 0) is 25.2 Å². The molecular weight excluding hydrogens is 1010 g/mol. The van der Waals surface area contributed by atoms with Gasteiger partial charge < -0.3 is 33.3 Å². The zero-order chi connectivity index (χ0) is 53.4. The van der Waals surface area contributed by atoms with Crippen LogP contribution < -0.4 is 28.7 Å². The zero-order valence-electron chi connectivity index (χ0n) is 43.8. The van der Waals surface area contributed by atoms with Gasteiger partial charge in [0.1, 0.15) is 53.6 Å². The Bertz CT molecular complexity index is 3430. The summed E-state index contributed by atoms with van der Waals surface area (Å²) < 4.78 is 60.0. The van der Waals surface area contributed by atoms with E-state index in [2.05, 4.69) is 92.1 Å². The molecule has 0 amide bonds. The standard InChI is InChI=1S/C63H59ClF2N8O4/c1-42-32-52(68-53(33-42)72(36-43-20-24-50(75-2)25-21-43)37-44-22-26-51(76-3)27-23-44)54-56(64)59-55-58(57(54)66)69-61(78-40-62-28-13-29-73(62)38-48(65)34-62)70-60(55)71(30-31-77-59)39-49-35-67-41-74(49)63(45-14-7-4-8-15-45,46-16-9-5-10-17-46)47-18-11-6-12-19-47/h4-12,14-27,32-33,35,41,48H,13,28-31,34,36-40H2,1-3H3/t48-,62+/m1/s1. The highest BCUT2D eigenvalue weighted by Crippen LogP contribution is 2.49. The Morgan fingerprint density at radius 2 is 1.40 bits per heavy atom. The van der Waals surface area contributed by atoms with Crippen molar-refractivity contribution >= 4 is 34.1 Å². The van der Waals surface area contributed by atoms with Crippen molar-refractivity contribution < 1.29 is 27.7 Å². The number of benzene rings is 6. The van der Waals surface area contributed by atoms with Crippen molar-refractivity contribution in [3.05, 3.63) is 214 Å². The zero-order valence-corrected chi connectivity index (χ0v) is 44.5. The van der Waals surface area contributed by atoms with Gasteiger partial charge in [0.05, 0.1) is 66.5 Å². The topological polar surface area (TPSA) is 103 Å². The first-order chi connectivity index (χ1) is 38.1. The number of aryl methyl sites for hydroxylation is 1. The molecule has 396 valence electrons. The van der Waals surface area contributed by atoms with Crippen LogP contribution in [-0.4, -0.2) is 88.2 Å². The third kappa shape index (κ3) is 9.40. The molecule has 0 saturated carbocycles. The third-order valence-electron chi connectivity index (χ3n) is 15.7. The van der Waals surface area contributed by atoms with Gasteiger partial charge in [0.2, 0.25) is 0 Å². The molecule has 0 radical (unpaired) electrons. The highest BCUT2D eigenvalue weighted by molar-refractivity contribution is 6.36. The van der Waals surface area contributed by atoms with Crippen LogP contribution in [0.4, 0.5) is 20.4 Å². The van der Waals surface area contributed by atoms with Crippen molar-refractivity contribution in [2.45, 2.75) is 63.1 Å². The number of hydrogen-bond acceptors (Lipinski definition) is 11. The average molecular weight is 1070 g/mol. The number of ether oxygens (including phenoxy) is 4. The van der Waals surface area contributed by atoms with Crippen LogP contribution in [0.15, 0.2) is 164 Å². The molecule has 78 heavy (non-hydrogen) atoms. The predicted octanol–water partition coefficient (Wildman–Crippen LogP) is 12.4. The number of alkyl halides is 1. The smallest absolute Gasteiger partial charge is 0.319 e. The molecule has 2 saturated heterocycles. The molecule has 2 fully saturated rings. The Kier molecular flexibility index (Phi) is 13.9. The summed E-state index contributed by atoms with van der Waals surface area (Å²) in [5, 5.41) is 0.347. The van der Waals surface area contributed by atoms with Crippen LogP contribution in [0.1, 0.15) is 58.3 Å². The highest BCUT2D eigenvalue weighted by atomic mass is 35.5. The van der Waals surface area contributed by atoms with Crippen molar-refractivity contribution in [3.8, 4) is 34.5 Å². The molecular formula is C63H59ClF2N8O4. The maximum absolute atomic E-state index is 18.4. The molecule has 12 rings (SSSR count). The lowest BCUT2D eigenvalue weighted by Gasteiger charge is -2.39. The summed E-state index contributed by atoms with van der Waals surface area (Å²) >= 11 is 7.54. The fraction of sp³-hybridized carbons (Fsp3) is 0.270. The predicted molar refractivity (Wildman–Crippen MR) is 300 cm³/mol. The minimum Gasteiger partial charge on any atom is -0.497 e. The fourth-order valence-corrected chi connectivity index (χ4v) is 12.3. The second-order valence-corrected chi connectivity index (χ2v) is 20.9. The third-order valence-corrected chi connectivity index (χ3v) is 16.0. The molecule has 0 spiro atoms. The van der Waals surface area contributed by atoms with Crippen molar-refractivity contribution in [2.24, 2.45) is 0 Å². The number of nitrogens with zero attached hydrogens (tertiary/aromatic N) is 8. The molecule has 3 aromatic heterocycles. The molecule has 15 heteroatoms. The summed E-state index contributed by atoms with van der Waals surface area (Å²) in [4.78, 5) is 26.5. The van der Waals surface area contributed by atoms with Gasteiger partial charge in [-0.3, -0.25) is 4.90 Å². The summed E-state index contributed by atoms with van der Waals surface area (Å²) in [6, 6.07) is 50.9. The largest absolute Gasteiger partial charge is 0.497 e. The number of aromatic nitrogens is 5. The molecule has 6 heterocycles. The molecule has 0 aliphatic carbocycles. The van der Waals surface area contributed by atoms with Gasteiger partial charge in [0, 0.05) is 32.3 Å². The molecule has 0 bridgehead atoms. The van der Waals surface area contributed by atoms with Gasteiger partial charge in [-0.25, -0.2) is 18.7 Å². The van der Waals surface area contributed by atoms with E-state index in [0.717, 1.165) is 70.0 Å². The number of methoxy groups -OCH3 is 2. The van der Waals surface area contributed by atoms with Crippen molar-refractivity contribution in [1.29, 1.82) is 0 Å². The number of rotatable bonds is 17. The van der Waals surface area contributed by atoms with Crippen molar-refractivity contribution in [2.75, 3.05) is 56.9 Å². The molecule has 2 atom stereocenters. The second-order valence-electron chi connectivity index (χ2n) is 20.5. The van der Waals surface area contributed by atoms with Gasteiger partial charge >= 0.3 is 6.01 Å². The number of hydrogen-bond donors (Lipinski definition) is 0. The van der Waals surface area contributed by atoms with Crippen LogP contribution in [0.2, 0.25) is 5.02 Å². The summed E-state index contributed by atoms with van der Waals surface area (Å²) in [5.74, 6) is 2.02. The number of pyridine rings is 1. The first-order valence-corrected chi connectivity index (χ1v) is 26.8. The van der Waals surface area contributed by atoms with Crippen LogP contribution >= 0.6 is 11.6 Å². The van der Waals surface area contributed by atoms with Gasteiger partial charge in [-0.2, -0.15) is 9.97 Å². The number of fused-ring (bicyclic) bond motifs is 1. The van der Waals surface area contributed by atoms with Crippen molar-refractivity contribution in [3.63, 3.8) is 0 Å². The molecule has 6 aromatic carbocycles. The molecule has 3 aliphatic heterocycles. The highest BCUT2D eigenvalue weighted by Gasteiger charge is 2.49. The van der Waals surface area contributed by atoms with E-state index in [1.54, 1.807) is 14.2 Å². The van der Waals surface area contributed by atoms with Crippen LogP contribution in [0, 0.1) is 12.7 Å². The van der Waals surface area contributed by atoms with E-state index in [1.165, 1.54) is 0 Å². The monoisotopic (exact) mass is 1060 g/mol. The first kappa shape index (κ1) is 50.7. The summed E-state index contributed by atoms with van der Waals surface area (Å²) in [5.41, 5.74) is 5.75. The summed E-state index contributed by atoms with van der Waals surface area (Å²) in [7, 11) is 3.29. The van der Waals surface area contributed by atoms with Crippen molar-refractivity contribution in [1.82, 2.24) is 29.4 Å². The van der Waals surface area contributed by atoms with E-state index in [1.807, 2.05) is 98.3 Å². The Morgan fingerprint density at radius 1 is 0.782 bits per heavy atom. The Hall–Kier alpha value is -8.07. The summed E-state index contributed by atoms with van der Waals surface area (Å²) in [6.07, 6.45) is 4.83. The first-order valence-electron chi connectivity index (χ1n) is 26.4. The van der Waals surface area contributed by atoms with Gasteiger partial charge in [0.15, 0.2) is 11.6 Å². The minimum atomic E-state index is -0.969. The van der Waals surface area contributed by atoms with Crippen LogP contribution in [0.5, 0.6) is 23.3 Å². The number of halogens is 3. The van der Waals surface area contributed by atoms with Gasteiger partial charge in [-0.1, -0.05) is 127 Å². The normalized spacial score (nSPS) is 17.2. The SMILES string of the molecule is COc1ccc(CN(Cc2ccc(OC)cc2)c2cc(C)cc(-c3c(Cl)c4c5c(nc(OC[C@@]67CCCN6C[C@H](F)C7)nc5c3F)N(Cc3cncn3C(c3ccccc3)(c3ccccc3)c3ccccc3)CCO4)n2)cc1. The van der Waals surface area contributed by atoms with E-state index >= 15 is 8.78 Å². The van der Waals surface area contributed by atoms with Crippen LogP contribution in [0.25, 0.3) is 22.2 Å². The van der Waals surface area contributed by atoms with E-state index in [9.17, 15) is 0 Å². The maximum Gasteiger partial charge on any atom is 0.319 e. The Balaban J connectivity index is 0.998. The minimum absolute atomic E-state index is 0.0326. The maximum atomic E-state index is 18.4. The van der Waals surface area contributed by atoms with E-state index in [-0.39, 0.29) is 47.6 Å². The van der Waals surface area contributed by atoms with E-state index < -0.39 is 23.1 Å². The lowest BCUT2D eigenvalue weighted by atomic mass is 9.76. The Labute approximate surface area is 457 Å². The summed E-state index contributed by atoms with van der Waals surface area (Å²) in [6.45, 7) is 4.96. The molecule has 12 nitrogen and oxygen atoms in total. The fourth-order valence-electron chi connectivity index (χ4n) is 12.0. The van der Waals surface area contributed by atoms with Crippen LogP contribution in [0.3, 0.4) is 0 Å². The lowest BCUT2D eigenvalue weighted by molar-refractivity contribution is 0.107. The quantitative estimate of drug-likeness (QED) is 0.0815. The van der Waals surface area contributed by atoms with E-state index in [4.69, 9.17) is 50.5 Å². The average Bonchev–Trinajstić information content (AvgIpc) is 4.24. The van der Waals surface area contributed by atoms with Gasteiger partial charge in [-0.15, -0.1) is 0 Å². The Morgan fingerprint density at radius 3 is 2.00 bits per heavy atom. The molecule has 3 aliphatic rings. The van der Waals surface area contributed by atoms with Gasteiger partial charge in [-0.05, 0) is 96.1 Å². The lowest BCUT2D eigenvalue weighted by Crippen LogP contribution is -2.43. The molecule has 0 N–H and O–H groups in total. The molecule has 9 aromatic rings. The number of anilines is 2. The molecule has 0 unspecified atom stereocenters. The number of imidazole rings is 1. The van der Waals surface area contributed by atoms with Gasteiger partial charge in [0.25, 0.3) is 0 Å². The second kappa shape index (κ2) is 21.4. The van der Waals surface area contributed by atoms with E-state index in [0.29, 0.717) is 55.3 Å².